The number of alkyl halides is 3. The highest BCUT2D eigenvalue weighted by Crippen LogP contribution is 2.37. The van der Waals surface area contributed by atoms with Crippen LogP contribution in [0.3, 0.4) is 0 Å². The summed E-state index contributed by atoms with van der Waals surface area (Å²) >= 11 is 0. The predicted octanol–water partition coefficient (Wildman–Crippen LogP) is 2.87. The third kappa shape index (κ3) is 2.85. The molecular formula is C14H16F3N3. The molecule has 0 bridgehead atoms. The molecule has 108 valence electrons. The molecule has 0 fully saturated rings. The fourth-order valence-electron chi connectivity index (χ4n) is 2.21. The first-order chi connectivity index (χ1) is 9.45. The molecule has 0 amide bonds. The topological polar surface area (TPSA) is 29.9 Å². The van der Waals surface area contributed by atoms with Crippen LogP contribution in [0.25, 0.3) is 11.3 Å². The molecule has 20 heavy (non-hydrogen) atoms. The molecule has 0 spiro atoms. The Labute approximate surface area is 115 Å². The van der Waals surface area contributed by atoms with Crippen molar-refractivity contribution in [1.29, 1.82) is 0 Å². The van der Waals surface area contributed by atoms with E-state index in [-0.39, 0.29) is 5.56 Å². The molecule has 2 rings (SSSR count). The van der Waals surface area contributed by atoms with Crippen molar-refractivity contribution >= 4 is 0 Å². The number of aryl methyl sites for hydroxylation is 1. The van der Waals surface area contributed by atoms with Gasteiger partial charge in [-0.25, -0.2) is 0 Å². The summed E-state index contributed by atoms with van der Waals surface area (Å²) in [4.78, 5) is 0. The summed E-state index contributed by atoms with van der Waals surface area (Å²) in [5.41, 5.74) is 0.868. The fourth-order valence-corrected chi connectivity index (χ4v) is 2.21. The second-order valence-electron chi connectivity index (χ2n) is 4.54. The molecule has 0 saturated carbocycles. The summed E-state index contributed by atoms with van der Waals surface area (Å²) in [6.07, 6.45) is -2.12. The number of nitrogens with one attached hydrogen (secondary N) is 1. The Kier molecular flexibility index (Phi) is 4.13. The number of rotatable bonds is 4. The average molecular weight is 283 g/mol. The molecule has 1 heterocycles. The first-order valence-corrected chi connectivity index (χ1v) is 6.27. The van der Waals surface area contributed by atoms with E-state index in [1.165, 1.54) is 16.8 Å². The maximum absolute atomic E-state index is 13.1. The van der Waals surface area contributed by atoms with Gasteiger partial charge in [0, 0.05) is 12.6 Å². The molecule has 1 N–H and O–H groups in total. The molecule has 2 aromatic rings. The van der Waals surface area contributed by atoms with Crippen molar-refractivity contribution in [1.82, 2.24) is 15.1 Å². The molecule has 0 unspecified atom stereocenters. The highest BCUT2D eigenvalue weighted by molar-refractivity contribution is 5.68. The van der Waals surface area contributed by atoms with E-state index in [0.717, 1.165) is 11.6 Å². The first-order valence-electron chi connectivity index (χ1n) is 6.27. The van der Waals surface area contributed by atoms with Crippen molar-refractivity contribution in [3.05, 3.63) is 41.6 Å². The minimum atomic E-state index is -4.37. The summed E-state index contributed by atoms with van der Waals surface area (Å²) in [5.74, 6) is 0. The summed E-state index contributed by atoms with van der Waals surface area (Å²) in [6.45, 7) is 0.687. The van der Waals surface area contributed by atoms with Crippen molar-refractivity contribution in [3.63, 3.8) is 0 Å². The monoisotopic (exact) mass is 283 g/mol. The zero-order chi connectivity index (χ0) is 14.8. The standard InChI is InChI=1S/C14H16F3N3/c1-18-8-7-10-9-19-20(2)13(10)11-5-3-4-6-12(11)14(15,16)17/h3-6,9,18H,7-8H2,1-2H3. The van der Waals surface area contributed by atoms with E-state index in [4.69, 9.17) is 0 Å². The third-order valence-corrected chi connectivity index (χ3v) is 3.15. The van der Waals surface area contributed by atoms with E-state index >= 15 is 0 Å². The van der Waals surface area contributed by atoms with E-state index in [1.807, 2.05) is 0 Å². The zero-order valence-corrected chi connectivity index (χ0v) is 11.3. The van der Waals surface area contributed by atoms with E-state index in [1.54, 1.807) is 26.4 Å². The van der Waals surface area contributed by atoms with Gasteiger partial charge in [0.1, 0.15) is 0 Å². The molecule has 0 aliphatic carbocycles. The third-order valence-electron chi connectivity index (χ3n) is 3.15. The van der Waals surface area contributed by atoms with E-state index in [0.29, 0.717) is 18.7 Å². The quantitative estimate of drug-likeness (QED) is 0.935. The van der Waals surface area contributed by atoms with E-state index in [2.05, 4.69) is 10.4 Å². The lowest BCUT2D eigenvalue weighted by Gasteiger charge is -2.14. The van der Waals surface area contributed by atoms with Crippen molar-refractivity contribution in [2.24, 2.45) is 7.05 Å². The number of aromatic nitrogens is 2. The summed E-state index contributed by atoms with van der Waals surface area (Å²) < 4.78 is 40.8. The number of likely N-dealkylation sites (N-methyl/N-ethyl adjacent to an activating group) is 1. The van der Waals surface area contributed by atoms with Gasteiger partial charge in [-0.3, -0.25) is 4.68 Å². The second kappa shape index (κ2) is 5.66. The van der Waals surface area contributed by atoms with Crippen LogP contribution in [0.15, 0.2) is 30.5 Å². The van der Waals surface area contributed by atoms with Gasteiger partial charge in [-0.15, -0.1) is 0 Å². The fraction of sp³-hybridized carbons (Fsp3) is 0.357. The van der Waals surface area contributed by atoms with E-state index in [9.17, 15) is 13.2 Å². The second-order valence-corrected chi connectivity index (χ2v) is 4.54. The van der Waals surface area contributed by atoms with Crippen LogP contribution in [-0.4, -0.2) is 23.4 Å². The van der Waals surface area contributed by atoms with Gasteiger partial charge in [0.15, 0.2) is 0 Å². The summed E-state index contributed by atoms with van der Waals surface area (Å²) in [5, 5.41) is 7.08. The van der Waals surface area contributed by atoms with Crippen LogP contribution < -0.4 is 5.32 Å². The van der Waals surface area contributed by atoms with Gasteiger partial charge in [0.2, 0.25) is 0 Å². The lowest BCUT2D eigenvalue weighted by atomic mass is 10.00. The normalized spacial score (nSPS) is 11.8. The smallest absolute Gasteiger partial charge is 0.319 e. The molecule has 0 saturated heterocycles. The number of benzene rings is 1. The molecule has 3 nitrogen and oxygen atoms in total. The van der Waals surface area contributed by atoms with Crippen LogP contribution in [0.5, 0.6) is 0 Å². The Morgan fingerprint density at radius 1 is 1.25 bits per heavy atom. The molecule has 0 aliphatic heterocycles. The van der Waals surface area contributed by atoms with Crippen LogP contribution in [0.4, 0.5) is 13.2 Å². The van der Waals surface area contributed by atoms with Gasteiger partial charge in [-0.1, -0.05) is 18.2 Å². The summed E-state index contributed by atoms with van der Waals surface area (Å²) in [6, 6.07) is 5.60. The number of hydrogen-bond donors (Lipinski definition) is 1. The zero-order valence-electron chi connectivity index (χ0n) is 11.3. The Morgan fingerprint density at radius 3 is 2.60 bits per heavy atom. The van der Waals surface area contributed by atoms with Crippen molar-refractivity contribution < 1.29 is 13.2 Å². The lowest BCUT2D eigenvalue weighted by Crippen LogP contribution is -2.12. The first kappa shape index (κ1) is 14.6. The number of nitrogens with zero attached hydrogens (tertiary/aromatic N) is 2. The lowest BCUT2D eigenvalue weighted by molar-refractivity contribution is -0.137. The van der Waals surface area contributed by atoms with E-state index < -0.39 is 11.7 Å². The van der Waals surface area contributed by atoms with Crippen LogP contribution >= 0.6 is 0 Å². The van der Waals surface area contributed by atoms with Gasteiger partial charge in [0.25, 0.3) is 0 Å². The van der Waals surface area contributed by atoms with Crippen molar-refractivity contribution in [2.45, 2.75) is 12.6 Å². The highest BCUT2D eigenvalue weighted by Gasteiger charge is 2.34. The molecular weight excluding hydrogens is 267 g/mol. The van der Waals surface area contributed by atoms with Gasteiger partial charge >= 0.3 is 6.18 Å². The van der Waals surface area contributed by atoms with Crippen LogP contribution in [-0.2, 0) is 19.6 Å². The predicted molar refractivity (Wildman–Crippen MR) is 71.3 cm³/mol. The Balaban J connectivity index is 2.54. The molecule has 0 atom stereocenters. The average Bonchev–Trinajstić information content (AvgIpc) is 2.76. The SMILES string of the molecule is CNCCc1cnn(C)c1-c1ccccc1C(F)(F)F. The van der Waals surface area contributed by atoms with Crippen LogP contribution in [0, 0.1) is 0 Å². The highest BCUT2D eigenvalue weighted by atomic mass is 19.4. The largest absolute Gasteiger partial charge is 0.417 e. The molecule has 0 aliphatic rings. The van der Waals surface area contributed by atoms with Gasteiger partial charge in [-0.05, 0) is 31.6 Å². The van der Waals surface area contributed by atoms with Gasteiger partial charge in [0.05, 0.1) is 17.5 Å². The van der Waals surface area contributed by atoms with Crippen molar-refractivity contribution in [2.75, 3.05) is 13.6 Å². The summed E-state index contributed by atoms with van der Waals surface area (Å²) in [7, 11) is 3.46. The molecule has 0 radical (unpaired) electrons. The minimum Gasteiger partial charge on any atom is -0.319 e. The van der Waals surface area contributed by atoms with Crippen molar-refractivity contribution in [3.8, 4) is 11.3 Å². The van der Waals surface area contributed by atoms with Crippen LogP contribution in [0.1, 0.15) is 11.1 Å². The Hall–Kier alpha value is -1.82. The van der Waals surface area contributed by atoms with Gasteiger partial charge in [-0.2, -0.15) is 18.3 Å². The number of hydrogen-bond acceptors (Lipinski definition) is 2. The Bertz CT molecular complexity index is 588. The van der Waals surface area contributed by atoms with Crippen LogP contribution in [0.2, 0.25) is 0 Å². The molecule has 6 heteroatoms. The maximum atomic E-state index is 13.1. The maximum Gasteiger partial charge on any atom is 0.417 e. The minimum absolute atomic E-state index is 0.172. The van der Waals surface area contributed by atoms with Gasteiger partial charge < -0.3 is 5.32 Å². The molecule has 1 aromatic heterocycles. The number of halogens is 3. The Morgan fingerprint density at radius 2 is 1.95 bits per heavy atom. The molecule has 1 aromatic carbocycles.